The van der Waals surface area contributed by atoms with Crippen LogP contribution in [0.3, 0.4) is 0 Å². The fraction of sp³-hybridized carbons (Fsp3) is 0. The van der Waals surface area contributed by atoms with Crippen molar-refractivity contribution >= 4 is 71.3 Å². The molecule has 0 radical (unpaired) electrons. The highest BCUT2D eigenvalue weighted by Gasteiger charge is 2.18. The second kappa shape index (κ2) is 14.8. The summed E-state index contributed by atoms with van der Waals surface area (Å²) in [6.45, 7) is 0. The molecule has 11 aromatic carbocycles. The van der Waals surface area contributed by atoms with E-state index in [0.29, 0.717) is 0 Å². The third-order valence-corrected chi connectivity index (χ3v) is 12.4. The summed E-state index contributed by atoms with van der Waals surface area (Å²) in [7, 11) is 0. The first-order chi connectivity index (χ1) is 30.7. The van der Waals surface area contributed by atoms with Gasteiger partial charge in [0.15, 0.2) is 0 Å². The molecule has 12 rings (SSSR count). The summed E-state index contributed by atoms with van der Waals surface area (Å²) in [6.07, 6.45) is 0. The fourth-order valence-electron chi connectivity index (χ4n) is 9.37. The van der Waals surface area contributed by atoms with Crippen LogP contribution >= 0.6 is 0 Å². The fourth-order valence-corrected chi connectivity index (χ4v) is 9.37. The lowest BCUT2D eigenvalue weighted by molar-refractivity contribution is 0.669. The maximum absolute atomic E-state index is 6.57. The number of anilines is 3. The summed E-state index contributed by atoms with van der Waals surface area (Å²) in [5, 5.41) is 9.73. The maximum atomic E-state index is 6.57. The summed E-state index contributed by atoms with van der Waals surface area (Å²) in [5.74, 6) is 0. The van der Waals surface area contributed by atoms with Crippen LogP contribution in [0.5, 0.6) is 0 Å². The molecule has 0 amide bonds. The number of hydrogen-bond donors (Lipinski definition) is 0. The minimum Gasteiger partial charge on any atom is -0.456 e. The van der Waals surface area contributed by atoms with E-state index in [9.17, 15) is 0 Å². The quantitative estimate of drug-likeness (QED) is 0.150. The lowest BCUT2D eigenvalue weighted by Crippen LogP contribution is -2.09. The smallest absolute Gasteiger partial charge is 0.136 e. The molecule has 0 saturated carbocycles. The van der Waals surface area contributed by atoms with Crippen molar-refractivity contribution in [2.24, 2.45) is 0 Å². The van der Waals surface area contributed by atoms with Crippen molar-refractivity contribution < 1.29 is 4.42 Å². The van der Waals surface area contributed by atoms with Crippen LogP contribution in [0.25, 0.3) is 98.8 Å². The van der Waals surface area contributed by atoms with Crippen molar-refractivity contribution in [1.82, 2.24) is 0 Å². The largest absolute Gasteiger partial charge is 0.456 e. The number of benzene rings is 11. The third-order valence-electron chi connectivity index (χ3n) is 12.4. The molecular formula is C60H39NO. The molecule has 0 aliphatic rings. The molecule has 2 heteroatoms. The minimum atomic E-state index is 0.893. The van der Waals surface area contributed by atoms with E-state index in [1.165, 1.54) is 54.6 Å². The first kappa shape index (κ1) is 35.7. The molecule has 62 heavy (non-hydrogen) atoms. The van der Waals surface area contributed by atoms with Gasteiger partial charge in [-0.15, -0.1) is 0 Å². The highest BCUT2D eigenvalue weighted by Crippen LogP contribution is 2.43. The number of para-hydroxylation sites is 2. The predicted octanol–water partition coefficient (Wildman–Crippen LogP) is 17.2. The van der Waals surface area contributed by atoms with Gasteiger partial charge in [-0.05, 0) is 144 Å². The summed E-state index contributed by atoms with van der Waals surface area (Å²) in [6, 6.07) is 85.4. The summed E-state index contributed by atoms with van der Waals surface area (Å²) in [5.41, 5.74) is 14.5. The second-order valence-corrected chi connectivity index (χ2v) is 16.1. The van der Waals surface area contributed by atoms with Gasteiger partial charge in [-0.25, -0.2) is 0 Å². The molecule has 0 spiro atoms. The van der Waals surface area contributed by atoms with Crippen LogP contribution < -0.4 is 4.90 Å². The van der Waals surface area contributed by atoms with Crippen molar-refractivity contribution in [3.05, 3.63) is 237 Å². The van der Waals surface area contributed by atoms with Gasteiger partial charge >= 0.3 is 0 Å². The van der Waals surface area contributed by atoms with Crippen LogP contribution in [0, 0.1) is 0 Å². The van der Waals surface area contributed by atoms with E-state index in [1.807, 2.05) is 6.07 Å². The Balaban J connectivity index is 0.927. The lowest BCUT2D eigenvalue weighted by Gasteiger charge is -2.26. The van der Waals surface area contributed by atoms with Crippen molar-refractivity contribution in [1.29, 1.82) is 0 Å². The van der Waals surface area contributed by atoms with Gasteiger partial charge in [0, 0.05) is 27.8 Å². The Labute approximate surface area is 360 Å². The van der Waals surface area contributed by atoms with E-state index in [4.69, 9.17) is 4.42 Å². The molecule has 0 fully saturated rings. The lowest BCUT2D eigenvalue weighted by atomic mass is 9.91. The Hall–Kier alpha value is -8.20. The Kier molecular flexibility index (Phi) is 8.53. The van der Waals surface area contributed by atoms with Gasteiger partial charge in [0.1, 0.15) is 11.2 Å². The van der Waals surface area contributed by atoms with Gasteiger partial charge in [-0.2, -0.15) is 0 Å². The zero-order valence-corrected chi connectivity index (χ0v) is 33.9. The first-order valence-electron chi connectivity index (χ1n) is 21.2. The van der Waals surface area contributed by atoms with E-state index < -0.39 is 0 Å². The van der Waals surface area contributed by atoms with E-state index >= 15 is 0 Å². The van der Waals surface area contributed by atoms with Gasteiger partial charge in [0.2, 0.25) is 0 Å². The Morgan fingerprint density at radius 2 is 0.758 bits per heavy atom. The molecule has 0 N–H and O–H groups in total. The van der Waals surface area contributed by atoms with E-state index in [-0.39, 0.29) is 0 Å². The molecule has 0 atom stereocenters. The Morgan fingerprint density at radius 1 is 0.258 bits per heavy atom. The molecule has 0 bridgehead atoms. The molecule has 12 aromatic rings. The van der Waals surface area contributed by atoms with Gasteiger partial charge in [-0.1, -0.05) is 170 Å². The first-order valence-corrected chi connectivity index (χ1v) is 21.2. The van der Waals surface area contributed by atoms with E-state index in [0.717, 1.165) is 61.3 Å². The third kappa shape index (κ3) is 6.20. The Morgan fingerprint density at radius 3 is 1.50 bits per heavy atom. The molecular weight excluding hydrogens is 751 g/mol. The van der Waals surface area contributed by atoms with Crippen LogP contribution in [0.15, 0.2) is 241 Å². The van der Waals surface area contributed by atoms with Crippen LogP contribution in [-0.4, -0.2) is 0 Å². The molecule has 0 aliphatic carbocycles. The molecule has 290 valence electrons. The predicted molar refractivity (Wildman–Crippen MR) is 263 cm³/mol. The minimum absolute atomic E-state index is 0.893. The SMILES string of the molecule is c1ccc(-c2cccc(-c3cc4oc5ccccc5c4c4cc(-c5ccc(N(c6ccccc6)c6ccc(-c7ccc8ccc9ccccc9c8c7)cc6)cc5)ccc34)c2)cc1. The number of fused-ring (bicyclic) bond motifs is 8. The molecule has 1 heterocycles. The van der Waals surface area contributed by atoms with Gasteiger partial charge in [0.05, 0.1) is 0 Å². The molecule has 2 nitrogen and oxygen atoms in total. The average Bonchev–Trinajstić information content (AvgIpc) is 3.73. The molecule has 0 unspecified atom stereocenters. The Bertz CT molecular complexity index is 3610. The van der Waals surface area contributed by atoms with Crippen molar-refractivity contribution in [3.63, 3.8) is 0 Å². The van der Waals surface area contributed by atoms with Crippen LogP contribution in [0.1, 0.15) is 0 Å². The van der Waals surface area contributed by atoms with Crippen LogP contribution in [0.2, 0.25) is 0 Å². The highest BCUT2D eigenvalue weighted by atomic mass is 16.3. The van der Waals surface area contributed by atoms with Crippen molar-refractivity contribution in [2.45, 2.75) is 0 Å². The van der Waals surface area contributed by atoms with Crippen LogP contribution in [-0.2, 0) is 0 Å². The van der Waals surface area contributed by atoms with E-state index in [2.05, 4.69) is 235 Å². The van der Waals surface area contributed by atoms with Gasteiger partial charge in [0.25, 0.3) is 0 Å². The van der Waals surface area contributed by atoms with Crippen molar-refractivity contribution in [3.8, 4) is 44.5 Å². The number of furan rings is 1. The summed E-state index contributed by atoms with van der Waals surface area (Å²) >= 11 is 0. The number of rotatable bonds is 7. The monoisotopic (exact) mass is 789 g/mol. The number of hydrogen-bond acceptors (Lipinski definition) is 2. The normalized spacial score (nSPS) is 11.5. The summed E-state index contributed by atoms with van der Waals surface area (Å²) in [4.78, 5) is 2.33. The van der Waals surface area contributed by atoms with Gasteiger partial charge in [-0.3, -0.25) is 0 Å². The maximum Gasteiger partial charge on any atom is 0.136 e. The molecule has 0 saturated heterocycles. The molecule has 0 aliphatic heterocycles. The standard InChI is InChI=1S/C60H39NO/c1-3-12-40(13-4-1)45-15-11-16-48(36-45)56-39-59-60(54-20-9-10-21-58(54)62-59)57-38-47(30-35-53(56)57)42-28-33-51(34-29-42)61(49-17-5-2-6-18-49)50-31-26-41(27-32-50)46-25-24-44-23-22-43-14-7-8-19-52(43)55(44)37-46/h1-39H. The topological polar surface area (TPSA) is 16.4 Å². The molecule has 1 aromatic heterocycles. The zero-order chi connectivity index (χ0) is 41.0. The average molecular weight is 790 g/mol. The highest BCUT2D eigenvalue weighted by molar-refractivity contribution is 6.22. The summed E-state index contributed by atoms with van der Waals surface area (Å²) < 4.78 is 6.57. The van der Waals surface area contributed by atoms with Crippen LogP contribution in [0.4, 0.5) is 17.1 Å². The van der Waals surface area contributed by atoms with Crippen molar-refractivity contribution in [2.75, 3.05) is 4.90 Å². The zero-order valence-electron chi connectivity index (χ0n) is 33.9. The van der Waals surface area contributed by atoms with E-state index in [1.54, 1.807) is 0 Å². The number of nitrogens with zero attached hydrogens (tertiary/aromatic N) is 1. The second-order valence-electron chi connectivity index (χ2n) is 16.1. The van der Waals surface area contributed by atoms with Gasteiger partial charge < -0.3 is 9.32 Å².